The van der Waals surface area contributed by atoms with Gasteiger partial charge in [0.05, 0.1) is 22.8 Å². The topological polar surface area (TPSA) is 37.3 Å². The average Bonchev–Trinajstić information content (AvgIpc) is 3.27. The van der Waals surface area contributed by atoms with E-state index in [0.717, 1.165) is 77.1 Å². The summed E-state index contributed by atoms with van der Waals surface area (Å²) in [6.45, 7) is 4.47. The predicted octanol–water partition coefficient (Wildman–Crippen LogP) is 14.3. The molecule has 0 saturated heterocycles. The number of hydrogen-bond acceptors (Lipinski definition) is 4. The molecule has 0 radical (unpaired) electrons. The number of allylic oxidation sites excluding steroid dienone is 1. The van der Waals surface area contributed by atoms with E-state index < -0.39 is 0 Å². The van der Waals surface area contributed by atoms with Crippen LogP contribution >= 0.6 is 11.8 Å². The van der Waals surface area contributed by atoms with Crippen LogP contribution in [-0.2, 0) is 0 Å². The third kappa shape index (κ3) is 7.04. The van der Waals surface area contributed by atoms with Crippen molar-refractivity contribution in [3.05, 3.63) is 223 Å². The van der Waals surface area contributed by atoms with E-state index in [1.165, 1.54) is 21.5 Å². The van der Waals surface area contributed by atoms with E-state index in [4.69, 9.17) is 9.98 Å². The van der Waals surface area contributed by atoms with Crippen LogP contribution < -0.4 is 5.32 Å². The number of hydrogen-bond donors (Lipinski definition) is 1. The second-order valence-corrected chi connectivity index (χ2v) is 15.5. The second kappa shape index (κ2) is 14.9. The summed E-state index contributed by atoms with van der Waals surface area (Å²) in [5, 5.41) is 8.58. The number of anilines is 1. The Bertz CT molecular complexity index is 2890. The van der Waals surface area contributed by atoms with Gasteiger partial charge in [-0.1, -0.05) is 176 Å². The van der Waals surface area contributed by atoms with Gasteiger partial charge >= 0.3 is 0 Å². The summed E-state index contributed by atoms with van der Waals surface area (Å²) in [6, 6.07) is 71.0. The van der Waals surface area contributed by atoms with E-state index >= 15 is 0 Å². The smallest absolute Gasteiger partial charge is 0.145 e. The van der Waals surface area contributed by atoms with Gasteiger partial charge in [0.15, 0.2) is 0 Å². The van der Waals surface area contributed by atoms with Crippen LogP contribution in [0.15, 0.2) is 222 Å². The van der Waals surface area contributed by atoms with Crippen molar-refractivity contribution < 1.29 is 0 Å². The molecule has 1 atom stereocenters. The molecule has 10 rings (SSSR count). The van der Waals surface area contributed by atoms with Crippen LogP contribution in [0.3, 0.4) is 0 Å². The van der Waals surface area contributed by atoms with E-state index in [0.29, 0.717) is 0 Å². The lowest BCUT2D eigenvalue weighted by Gasteiger charge is -2.24. The highest BCUT2D eigenvalue weighted by molar-refractivity contribution is 8.04. The third-order valence-corrected chi connectivity index (χ3v) is 11.7. The molecule has 0 amide bonds. The lowest BCUT2D eigenvalue weighted by Crippen LogP contribution is -2.15. The van der Waals surface area contributed by atoms with E-state index in [1.807, 2.05) is 6.07 Å². The number of nitrogens with one attached hydrogen (secondary N) is 1. The number of nitrogens with zero attached hydrogens (tertiary/aromatic N) is 2. The quantitative estimate of drug-likeness (QED) is 0.184. The van der Waals surface area contributed by atoms with E-state index in [9.17, 15) is 0 Å². The van der Waals surface area contributed by atoms with Crippen molar-refractivity contribution in [3.63, 3.8) is 0 Å². The van der Waals surface area contributed by atoms with Gasteiger partial charge in [-0.05, 0) is 91.8 Å². The first kappa shape index (κ1) is 34.5. The van der Waals surface area contributed by atoms with Crippen LogP contribution in [0.4, 0.5) is 5.69 Å². The van der Waals surface area contributed by atoms with Gasteiger partial charge in [-0.2, -0.15) is 0 Å². The Morgan fingerprint density at radius 2 is 0.965 bits per heavy atom. The predicted molar refractivity (Wildman–Crippen MR) is 242 cm³/mol. The Morgan fingerprint density at radius 3 is 1.63 bits per heavy atom. The van der Waals surface area contributed by atoms with Gasteiger partial charge in [0.25, 0.3) is 0 Å². The molecule has 4 heteroatoms. The van der Waals surface area contributed by atoms with Crippen molar-refractivity contribution >= 4 is 44.7 Å². The van der Waals surface area contributed by atoms with Crippen LogP contribution in [0.1, 0.15) is 17.3 Å². The van der Waals surface area contributed by atoms with Crippen molar-refractivity contribution in [3.8, 4) is 44.8 Å². The first-order chi connectivity index (χ1) is 28.1. The molecule has 1 aliphatic heterocycles. The number of pyridine rings is 1. The molecule has 9 aromatic rings. The minimum atomic E-state index is -0.308. The Kier molecular flexibility index (Phi) is 9.02. The second-order valence-electron chi connectivity index (χ2n) is 14.4. The third-order valence-electron chi connectivity index (χ3n) is 10.7. The highest BCUT2D eigenvalue weighted by Crippen LogP contribution is 2.40. The SMILES string of the molecule is C=C1Sc2ccccc2NC(c2cccc(-c3ccc(-c4cc(-c5ccc6ccccc6c5)nc(-c5ccc6ccccc6c5)c4)cc3)c2)/N=C\1c1ccccc1. The summed E-state index contributed by atoms with van der Waals surface area (Å²) in [4.78, 5) is 12.6. The van der Waals surface area contributed by atoms with Gasteiger partial charge in [0.1, 0.15) is 6.17 Å². The molecule has 0 fully saturated rings. The maximum absolute atomic E-state index is 5.32. The molecule has 1 aliphatic rings. The summed E-state index contributed by atoms with van der Waals surface area (Å²) in [5.74, 6) is 0. The summed E-state index contributed by atoms with van der Waals surface area (Å²) >= 11 is 1.65. The van der Waals surface area contributed by atoms with Gasteiger partial charge in [0, 0.05) is 26.5 Å². The maximum atomic E-state index is 5.32. The molecule has 2 heterocycles. The van der Waals surface area contributed by atoms with Crippen LogP contribution in [-0.4, -0.2) is 10.7 Å². The zero-order valence-corrected chi connectivity index (χ0v) is 32.0. The number of aromatic nitrogens is 1. The molecule has 3 nitrogen and oxygen atoms in total. The molecule has 1 N–H and O–H groups in total. The van der Waals surface area contributed by atoms with E-state index in [1.54, 1.807) is 11.8 Å². The van der Waals surface area contributed by atoms with Gasteiger partial charge in [-0.25, -0.2) is 4.98 Å². The standard InChI is InChI=1S/C53H37N3S/c1-35-52(40-14-3-2-4-15-40)56-53(55-48-20-9-10-21-51(48)57-35)46-19-11-18-43(32-46)38-22-24-39(25-23-38)47-33-49(44-28-26-36-12-5-7-16-41(36)30-44)54-50(34-47)45-29-27-37-13-6-8-17-42(37)31-45/h2-34,53,55H,1H2/b56-52+. The zero-order chi connectivity index (χ0) is 38.1. The fourth-order valence-electron chi connectivity index (χ4n) is 7.66. The van der Waals surface area contributed by atoms with Crippen molar-refractivity contribution in [2.75, 3.05) is 5.32 Å². The van der Waals surface area contributed by atoms with Crippen LogP contribution in [0, 0.1) is 0 Å². The summed E-state index contributed by atoms with van der Waals surface area (Å²) in [7, 11) is 0. The van der Waals surface area contributed by atoms with Gasteiger partial charge in [-0.3, -0.25) is 4.99 Å². The highest BCUT2D eigenvalue weighted by atomic mass is 32.2. The molecular formula is C53H37N3S. The van der Waals surface area contributed by atoms with Gasteiger partial charge in [0.2, 0.25) is 0 Å². The number of thioether (sulfide) groups is 1. The Labute approximate surface area is 337 Å². The molecular weight excluding hydrogens is 711 g/mol. The summed E-state index contributed by atoms with van der Waals surface area (Å²) in [6.07, 6.45) is -0.308. The van der Waals surface area contributed by atoms with E-state index in [2.05, 4.69) is 206 Å². The molecule has 270 valence electrons. The number of rotatable bonds is 6. The minimum Gasteiger partial charge on any atom is -0.359 e. The first-order valence-electron chi connectivity index (χ1n) is 19.2. The largest absolute Gasteiger partial charge is 0.359 e. The van der Waals surface area contributed by atoms with Gasteiger partial charge in [-0.15, -0.1) is 0 Å². The fourth-order valence-corrected chi connectivity index (χ4v) is 8.58. The lowest BCUT2D eigenvalue weighted by molar-refractivity contribution is 0.834. The maximum Gasteiger partial charge on any atom is 0.145 e. The minimum absolute atomic E-state index is 0.308. The molecule has 8 aromatic carbocycles. The van der Waals surface area contributed by atoms with Crippen molar-refractivity contribution in [1.29, 1.82) is 0 Å². The fraction of sp³-hybridized carbons (Fsp3) is 0.0189. The average molecular weight is 748 g/mol. The van der Waals surface area contributed by atoms with Crippen LogP contribution in [0.25, 0.3) is 66.3 Å². The molecule has 0 saturated carbocycles. The number of benzene rings is 8. The summed E-state index contributed by atoms with van der Waals surface area (Å²) in [5.41, 5.74) is 12.7. The molecule has 1 aromatic heterocycles. The normalized spacial score (nSPS) is 14.9. The first-order valence-corrected chi connectivity index (χ1v) is 20.0. The van der Waals surface area contributed by atoms with Crippen molar-refractivity contribution in [1.82, 2.24) is 4.98 Å². The molecule has 1 unspecified atom stereocenters. The molecule has 0 spiro atoms. The molecule has 0 aliphatic carbocycles. The zero-order valence-electron chi connectivity index (χ0n) is 31.1. The molecule has 0 bridgehead atoms. The monoisotopic (exact) mass is 747 g/mol. The lowest BCUT2D eigenvalue weighted by atomic mass is 9.96. The Hall–Kier alpha value is -7.01. The Morgan fingerprint density at radius 1 is 0.421 bits per heavy atom. The van der Waals surface area contributed by atoms with Crippen molar-refractivity contribution in [2.45, 2.75) is 11.1 Å². The number of para-hydroxylation sites is 1. The van der Waals surface area contributed by atoms with Gasteiger partial charge < -0.3 is 5.32 Å². The van der Waals surface area contributed by atoms with Crippen LogP contribution in [0.5, 0.6) is 0 Å². The van der Waals surface area contributed by atoms with Crippen LogP contribution in [0.2, 0.25) is 0 Å². The molecule has 57 heavy (non-hydrogen) atoms. The highest BCUT2D eigenvalue weighted by Gasteiger charge is 2.21. The van der Waals surface area contributed by atoms with E-state index in [-0.39, 0.29) is 6.17 Å². The number of aliphatic imine (C=N–C) groups is 1. The number of fused-ring (bicyclic) bond motifs is 3. The van der Waals surface area contributed by atoms with Crippen molar-refractivity contribution in [2.24, 2.45) is 4.99 Å². The summed E-state index contributed by atoms with van der Waals surface area (Å²) < 4.78 is 0. The Balaban J connectivity index is 1.02.